The number of non-ortho nitro benzene ring substituents is 1. The highest BCUT2D eigenvalue weighted by molar-refractivity contribution is 5.65. The Morgan fingerprint density at radius 1 is 1.25 bits per heavy atom. The Labute approximate surface area is 115 Å². The molecule has 1 aromatic rings. The summed E-state index contributed by atoms with van der Waals surface area (Å²) in [6.45, 7) is 0. The van der Waals surface area contributed by atoms with Crippen molar-refractivity contribution in [1.82, 2.24) is 0 Å². The lowest BCUT2D eigenvalue weighted by atomic mass is 10.1. The van der Waals surface area contributed by atoms with Crippen molar-refractivity contribution in [2.75, 3.05) is 12.4 Å². The zero-order valence-corrected chi connectivity index (χ0v) is 10.9. The third-order valence-electron chi connectivity index (χ3n) is 3.49. The molecule has 0 aliphatic heterocycles. The Bertz CT molecular complexity index is 534. The highest BCUT2D eigenvalue weighted by atomic mass is 16.6. The first-order valence-electron chi connectivity index (χ1n) is 6.25. The Morgan fingerprint density at radius 2 is 2.00 bits per heavy atom. The van der Waals surface area contributed by atoms with E-state index in [2.05, 4.69) is 5.32 Å². The molecule has 0 radical (unpaired) electrons. The number of hydrogen-bond acceptors (Lipinski definition) is 6. The van der Waals surface area contributed by atoms with Gasteiger partial charge in [-0.3, -0.25) is 20.2 Å². The highest BCUT2D eigenvalue weighted by Gasteiger charge is 2.29. The topological polar surface area (TPSA) is 108 Å². The molecule has 1 fully saturated rings. The molecule has 2 unspecified atom stereocenters. The van der Waals surface area contributed by atoms with Crippen molar-refractivity contribution in [3.8, 4) is 0 Å². The maximum Gasteiger partial charge on any atom is 0.299 e. The number of ether oxygens (including phenoxy) is 1. The number of nitrogens with one attached hydrogen (secondary N) is 1. The van der Waals surface area contributed by atoms with Gasteiger partial charge < -0.3 is 10.1 Å². The molecule has 2 rings (SSSR count). The van der Waals surface area contributed by atoms with Crippen molar-refractivity contribution in [2.45, 2.75) is 31.4 Å². The quantitative estimate of drug-likeness (QED) is 0.656. The van der Waals surface area contributed by atoms with E-state index in [4.69, 9.17) is 4.74 Å². The molecule has 1 aliphatic rings. The minimum atomic E-state index is -0.649. The summed E-state index contributed by atoms with van der Waals surface area (Å²) in [5.41, 5.74) is -0.299. The standard InChI is InChI=1S/C12H15N3O5/c1-20-12-4-2-3-10(12)13-9-6-5-8(14(16)17)7-11(9)15(18)19/h5-7,10,12-13H,2-4H2,1H3. The second kappa shape index (κ2) is 5.83. The lowest BCUT2D eigenvalue weighted by Crippen LogP contribution is -2.29. The first kappa shape index (κ1) is 14.2. The molecular weight excluding hydrogens is 266 g/mol. The van der Waals surface area contributed by atoms with E-state index >= 15 is 0 Å². The van der Waals surface area contributed by atoms with Crippen molar-refractivity contribution in [2.24, 2.45) is 0 Å². The number of nitro benzene ring substituents is 2. The van der Waals surface area contributed by atoms with Gasteiger partial charge in [-0.2, -0.15) is 0 Å². The molecule has 0 heterocycles. The van der Waals surface area contributed by atoms with Gasteiger partial charge in [0.2, 0.25) is 0 Å². The zero-order valence-electron chi connectivity index (χ0n) is 10.9. The van der Waals surface area contributed by atoms with Crippen molar-refractivity contribution >= 4 is 17.1 Å². The van der Waals surface area contributed by atoms with E-state index in [9.17, 15) is 20.2 Å². The third kappa shape index (κ3) is 2.85. The molecule has 1 N–H and O–H groups in total. The molecular formula is C12H15N3O5. The molecule has 0 aromatic heterocycles. The summed E-state index contributed by atoms with van der Waals surface area (Å²) in [4.78, 5) is 20.4. The summed E-state index contributed by atoms with van der Waals surface area (Å²) in [7, 11) is 1.61. The predicted molar refractivity (Wildman–Crippen MR) is 71.8 cm³/mol. The van der Waals surface area contributed by atoms with E-state index in [-0.39, 0.29) is 29.2 Å². The lowest BCUT2D eigenvalue weighted by Gasteiger charge is -2.20. The van der Waals surface area contributed by atoms with Crippen molar-refractivity contribution in [3.63, 3.8) is 0 Å². The van der Waals surface area contributed by atoms with Gasteiger partial charge in [-0.05, 0) is 25.3 Å². The summed E-state index contributed by atoms with van der Waals surface area (Å²) in [5.74, 6) is 0. The molecule has 108 valence electrons. The van der Waals surface area contributed by atoms with Crippen LogP contribution in [0.1, 0.15) is 19.3 Å². The second-order valence-corrected chi connectivity index (χ2v) is 4.67. The van der Waals surface area contributed by atoms with Crippen LogP contribution in [-0.2, 0) is 4.74 Å². The summed E-state index contributed by atoms with van der Waals surface area (Å²) >= 11 is 0. The number of rotatable bonds is 5. The number of nitro groups is 2. The molecule has 1 aliphatic carbocycles. The van der Waals surface area contributed by atoms with E-state index in [1.807, 2.05) is 0 Å². The average Bonchev–Trinajstić information content (AvgIpc) is 2.85. The number of nitrogens with zero attached hydrogens (tertiary/aromatic N) is 2. The summed E-state index contributed by atoms with van der Waals surface area (Å²) < 4.78 is 5.32. The normalized spacial score (nSPS) is 21.6. The molecule has 8 heteroatoms. The van der Waals surface area contributed by atoms with Crippen LogP contribution in [0.25, 0.3) is 0 Å². The lowest BCUT2D eigenvalue weighted by molar-refractivity contribution is -0.393. The number of hydrogen-bond donors (Lipinski definition) is 1. The summed E-state index contributed by atoms with van der Waals surface area (Å²) in [6, 6.07) is 3.59. The second-order valence-electron chi connectivity index (χ2n) is 4.67. The highest BCUT2D eigenvalue weighted by Crippen LogP contribution is 2.32. The van der Waals surface area contributed by atoms with Crippen LogP contribution in [0.5, 0.6) is 0 Å². The number of benzene rings is 1. The molecule has 0 bridgehead atoms. The van der Waals surface area contributed by atoms with Gasteiger partial charge in [0.1, 0.15) is 5.69 Å². The Morgan fingerprint density at radius 3 is 2.60 bits per heavy atom. The van der Waals surface area contributed by atoms with Crippen LogP contribution in [0.4, 0.5) is 17.1 Å². The van der Waals surface area contributed by atoms with E-state index in [1.165, 1.54) is 12.1 Å². The first-order valence-corrected chi connectivity index (χ1v) is 6.25. The summed E-state index contributed by atoms with van der Waals surface area (Å²) in [6.07, 6.45) is 2.74. The van der Waals surface area contributed by atoms with Gasteiger partial charge in [0, 0.05) is 13.2 Å². The van der Waals surface area contributed by atoms with Crippen LogP contribution in [0, 0.1) is 20.2 Å². The van der Waals surface area contributed by atoms with Crippen LogP contribution < -0.4 is 5.32 Å². The van der Waals surface area contributed by atoms with Gasteiger partial charge in [-0.25, -0.2) is 0 Å². The SMILES string of the molecule is COC1CCCC1Nc1ccc([N+](=O)[O-])cc1[N+](=O)[O-]. The molecule has 1 aromatic carbocycles. The fourth-order valence-corrected chi connectivity index (χ4v) is 2.48. The first-order chi connectivity index (χ1) is 9.52. The number of methoxy groups -OCH3 is 1. The monoisotopic (exact) mass is 281 g/mol. The fourth-order valence-electron chi connectivity index (χ4n) is 2.48. The van der Waals surface area contributed by atoms with Gasteiger partial charge >= 0.3 is 0 Å². The van der Waals surface area contributed by atoms with Gasteiger partial charge in [-0.1, -0.05) is 0 Å². The van der Waals surface area contributed by atoms with Gasteiger partial charge in [0.05, 0.1) is 28.1 Å². The number of anilines is 1. The molecule has 20 heavy (non-hydrogen) atoms. The molecule has 2 atom stereocenters. The zero-order chi connectivity index (χ0) is 14.7. The molecule has 8 nitrogen and oxygen atoms in total. The smallest absolute Gasteiger partial charge is 0.299 e. The predicted octanol–water partition coefficient (Wildman–Crippen LogP) is 2.48. The van der Waals surface area contributed by atoms with Crippen LogP contribution in [0.15, 0.2) is 18.2 Å². The fraction of sp³-hybridized carbons (Fsp3) is 0.500. The maximum absolute atomic E-state index is 11.0. The molecule has 0 saturated heterocycles. The Balaban J connectivity index is 2.27. The van der Waals surface area contributed by atoms with Gasteiger partial charge in [0.25, 0.3) is 11.4 Å². The molecule has 1 saturated carbocycles. The Hall–Kier alpha value is -2.22. The van der Waals surface area contributed by atoms with E-state index in [0.29, 0.717) is 0 Å². The van der Waals surface area contributed by atoms with Crippen LogP contribution in [-0.4, -0.2) is 29.1 Å². The van der Waals surface area contributed by atoms with Crippen molar-refractivity contribution < 1.29 is 14.6 Å². The van der Waals surface area contributed by atoms with E-state index in [0.717, 1.165) is 25.3 Å². The van der Waals surface area contributed by atoms with Crippen LogP contribution in [0.2, 0.25) is 0 Å². The van der Waals surface area contributed by atoms with Crippen LogP contribution >= 0.6 is 0 Å². The van der Waals surface area contributed by atoms with E-state index < -0.39 is 9.85 Å². The summed E-state index contributed by atoms with van der Waals surface area (Å²) in [5, 5.41) is 24.8. The molecule has 0 amide bonds. The Kier molecular flexibility index (Phi) is 4.14. The van der Waals surface area contributed by atoms with Crippen molar-refractivity contribution in [1.29, 1.82) is 0 Å². The largest absolute Gasteiger partial charge is 0.379 e. The minimum absolute atomic E-state index is 0.00444. The van der Waals surface area contributed by atoms with E-state index in [1.54, 1.807) is 7.11 Å². The van der Waals surface area contributed by atoms with Gasteiger partial charge in [0.15, 0.2) is 0 Å². The minimum Gasteiger partial charge on any atom is -0.379 e. The average molecular weight is 281 g/mol. The third-order valence-corrected chi connectivity index (χ3v) is 3.49. The maximum atomic E-state index is 11.0. The van der Waals surface area contributed by atoms with Crippen LogP contribution in [0.3, 0.4) is 0 Å². The van der Waals surface area contributed by atoms with Gasteiger partial charge in [-0.15, -0.1) is 0 Å². The molecule has 0 spiro atoms. The van der Waals surface area contributed by atoms with Crippen molar-refractivity contribution in [3.05, 3.63) is 38.4 Å².